The van der Waals surface area contributed by atoms with Gasteiger partial charge in [0, 0.05) is 15.8 Å². The molecule has 2 aromatic carbocycles. The third kappa shape index (κ3) is 5.36. The minimum atomic E-state index is -0.896. The van der Waals surface area contributed by atoms with Crippen LogP contribution in [-0.4, -0.2) is 37.8 Å². The zero-order valence-corrected chi connectivity index (χ0v) is 14.2. The molecule has 0 aliphatic carbocycles. The van der Waals surface area contributed by atoms with Crippen LogP contribution in [0.4, 0.5) is 4.79 Å². The predicted octanol–water partition coefficient (Wildman–Crippen LogP) is 2.69. The second-order valence-corrected chi connectivity index (χ2v) is 5.22. The first-order chi connectivity index (χ1) is 12.0. The first-order valence-electron chi connectivity index (χ1n) is 7.43. The van der Waals surface area contributed by atoms with Gasteiger partial charge in [-0.3, -0.25) is 10.1 Å². The van der Waals surface area contributed by atoms with E-state index in [-0.39, 0.29) is 6.61 Å². The Bertz CT molecular complexity index is 792. The number of carbonyl (C=O) groups is 3. The minimum absolute atomic E-state index is 0.127. The molecule has 0 saturated carbocycles. The van der Waals surface area contributed by atoms with E-state index >= 15 is 0 Å². The van der Waals surface area contributed by atoms with Gasteiger partial charge in [-0.2, -0.15) is 0 Å². The van der Waals surface area contributed by atoms with Crippen LogP contribution in [0.3, 0.4) is 0 Å². The number of halogens is 1. The largest absolute Gasteiger partial charge is 0.481 e. The molecule has 0 heterocycles. The third-order valence-electron chi connectivity index (χ3n) is 3.06. The quantitative estimate of drug-likeness (QED) is 0.791. The number of hydrogen-bond acceptors (Lipinski definition) is 6. The highest BCUT2D eigenvalue weighted by Crippen LogP contribution is 2.31. The summed E-state index contributed by atoms with van der Waals surface area (Å²) in [6.07, 6.45) is -0.896. The number of esters is 1. The molecule has 7 nitrogen and oxygen atoms in total. The van der Waals surface area contributed by atoms with Crippen LogP contribution >= 0.6 is 11.6 Å². The van der Waals surface area contributed by atoms with E-state index in [1.54, 1.807) is 19.1 Å². The zero-order valence-electron chi connectivity index (χ0n) is 13.4. The number of imide groups is 1. The summed E-state index contributed by atoms with van der Waals surface area (Å²) >= 11 is 6.11. The van der Waals surface area contributed by atoms with Crippen molar-refractivity contribution >= 4 is 40.3 Å². The van der Waals surface area contributed by atoms with Gasteiger partial charge in [0.25, 0.3) is 5.91 Å². The SMILES string of the molecule is CCOC(=O)NC(=O)COC(=O)COc1ccc(Cl)c2ccccc12. The highest BCUT2D eigenvalue weighted by Gasteiger charge is 2.13. The van der Waals surface area contributed by atoms with E-state index in [1.165, 1.54) is 0 Å². The van der Waals surface area contributed by atoms with Gasteiger partial charge < -0.3 is 14.2 Å². The van der Waals surface area contributed by atoms with Gasteiger partial charge in [0.15, 0.2) is 13.2 Å². The molecule has 2 rings (SSSR count). The molecule has 2 aromatic rings. The number of fused-ring (bicyclic) bond motifs is 1. The standard InChI is InChI=1S/C17H16ClNO6/c1-2-23-17(22)19-15(20)9-25-16(21)10-24-14-8-7-13(18)11-5-3-4-6-12(11)14/h3-8H,2,9-10H2,1H3,(H,19,20,22). The molecule has 2 amide bonds. The van der Waals surface area contributed by atoms with E-state index in [0.717, 1.165) is 10.8 Å². The number of hydrogen-bond donors (Lipinski definition) is 1. The Morgan fingerprint density at radius 2 is 1.72 bits per heavy atom. The Morgan fingerprint density at radius 1 is 1.00 bits per heavy atom. The van der Waals surface area contributed by atoms with Gasteiger partial charge in [0.05, 0.1) is 6.61 Å². The van der Waals surface area contributed by atoms with Crippen LogP contribution in [0.2, 0.25) is 5.02 Å². The van der Waals surface area contributed by atoms with E-state index in [1.807, 2.05) is 29.6 Å². The summed E-state index contributed by atoms with van der Waals surface area (Å²) < 4.78 is 14.7. The number of amides is 2. The lowest BCUT2D eigenvalue weighted by Crippen LogP contribution is -2.35. The normalized spacial score (nSPS) is 10.2. The fourth-order valence-corrected chi connectivity index (χ4v) is 2.23. The number of nitrogens with one attached hydrogen (secondary N) is 1. The molecule has 25 heavy (non-hydrogen) atoms. The highest BCUT2D eigenvalue weighted by atomic mass is 35.5. The van der Waals surface area contributed by atoms with Crippen LogP contribution in [-0.2, 0) is 19.1 Å². The van der Waals surface area contributed by atoms with Gasteiger partial charge in [-0.15, -0.1) is 0 Å². The number of ether oxygens (including phenoxy) is 3. The fraction of sp³-hybridized carbons (Fsp3) is 0.235. The third-order valence-corrected chi connectivity index (χ3v) is 3.39. The summed E-state index contributed by atoms with van der Waals surface area (Å²) in [5, 5.41) is 4.03. The molecule has 0 aliphatic rings. The Hall–Kier alpha value is -2.80. The molecular weight excluding hydrogens is 350 g/mol. The van der Waals surface area contributed by atoms with E-state index in [9.17, 15) is 14.4 Å². The van der Waals surface area contributed by atoms with Crippen LogP contribution in [0.5, 0.6) is 5.75 Å². The summed E-state index contributed by atoms with van der Waals surface area (Å²) in [7, 11) is 0. The van der Waals surface area contributed by atoms with Gasteiger partial charge >= 0.3 is 12.1 Å². The van der Waals surface area contributed by atoms with Gasteiger partial charge in [-0.05, 0) is 19.1 Å². The minimum Gasteiger partial charge on any atom is -0.481 e. The summed E-state index contributed by atoms with van der Waals surface area (Å²) in [6, 6.07) is 10.6. The molecule has 132 valence electrons. The van der Waals surface area contributed by atoms with Crippen molar-refractivity contribution in [2.24, 2.45) is 0 Å². The van der Waals surface area contributed by atoms with E-state index in [0.29, 0.717) is 10.8 Å². The first kappa shape index (κ1) is 18.5. The average molecular weight is 366 g/mol. The van der Waals surface area contributed by atoms with E-state index in [4.69, 9.17) is 21.1 Å². The monoisotopic (exact) mass is 365 g/mol. The maximum Gasteiger partial charge on any atom is 0.413 e. The maximum atomic E-state index is 11.7. The molecule has 0 saturated heterocycles. The molecular formula is C17H16ClNO6. The lowest BCUT2D eigenvalue weighted by Gasteiger charge is -2.10. The van der Waals surface area contributed by atoms with Crippen LogP contribution in [0.15, 0.2) is 36.4 Å². The van der Waals surface area contributed by atoms with Crippen molar-refractivity contribution in [3.05, 3.63) is 41.4 Å². The molecule has 0 aromatic heterocycles. The number of carbonyl (C=O) groups excluding carboxylic acids is 3. The summed E-state index contributed by atoms with van der Waals surface area (Å²) in [4.78, 5) is 34.1. The Labute approximate surface area is 148 Å². The molecule has 0 fully saturated rings. The molecule has 8 heteroatoms. The van der Waals surface area contributed by atoms with E-state index < -0.39 is 31.2 Å². The van der Waals surface area contributed by atoms with Crippen molar-refractivity contribution in [1.82, 2.24) is 5.32 Å². The smallest absolute Gasteiger partial charge is 0.413 e. The molecule has 1 N–H and O–H groups in total. The highest BCUT2D eigenvalue weighted by molar-refractivity contribution is 6.35. The van der Waals surface area contributed by atoms with E-state index in [2.05, 4.69) is 4.74 Å². The molecule has 0 radical (unpaired) electrons. The maximum absolute atomic E-state index is 11.7. The second-order valence-electron chi connectivity index (χ2n) is 4.81. The zero-order chi connectivity index (χ0) is 18.2. The molecule has 0 spiro atoms. The first-order valence-corrected chi connectivity index (χ1v) is 7.81. The molecule has 0 aliphatic heterocycles. The Kier molecular flexibility index (Phi) is 6.59. The van der Waals surface area contributed by atoms with Crippen molar-refractivity contribution < 1.29 is 28.6 Å². The fourth-order valence-electron chi connectivity index (χ4n) is 2.00. The predicted molar refractivity (Wildman–Crippen MR) is 90.6 cm³/mol. The lowest BCUT2D eigenvalue weighted by molar-refractivity contribution is -0.150. The second kappa shape index (κ2) is 8.89. The Morgan fingerprint density at radius 3 is 2.44 bits per heavy atom. The molecule has 0 bridgehead atoms. The molecule has 0 unspecified atom stereocenters. The number of benzene rings is 2. The number of alkyl carbamates (subject to hydrolysis) is 1. The van der Waals surface area contributed by atoms with Crippen LogP contribution in [0.1, 0.15) is 6.92 Å². The van der Waals surface area contributed by atoms with Gasteiger partial charge in [-0.25, -0.2) is 9.59 Å². The van der Waals surface area contributed by atoms with Crippen molar-refractivity contribution in [2.45, 2.75) is 6.92 Å². The lowest BCUT2D eigenvalue weighted by atomic mass is 10.1. The van der Waals surface area contributed by atoms with Crippen LogP contribution in [0.25, 0.3) is 10.8 Å². The topological polar surface area (TPSA) is 90.9 Å². The van der Waals surface area contributed by atoms with Crippen molar-refractivity contribution in [3.63, 3.8) is 0 Å². The van der Waals surface area contributed by atoms with Crippen LogP contribution in [0, 0.1) is 0 Å². The summed E-state index contributed by atoms with van der Waals surface area (Å²) in [5.74, 6) is -1.07. The molecule has 0 atom stereocenters. The van der Waals surface area contributed by atoms with Crippen molar-refractivity contribution in [3.8, 4) is 5.75 Å². The average Bonchev–Trinajstić information content (AvgIpc) is 2.60. The van der Waals surface area contributed by atoms with Gasteiger partial charge in [0.2, 0.25) is 0 Å². The Balaban J connectivity index is 1.86. The van der Waals surface area contributed by atoms with Crippen molar-refractivity contribution in [2.75, 3.05) is 19.8 Å². The van der Waals surface area contributed by atoms with Gasteiger partial charge in [0.1, 0.15) is 5.75 Å². The number of rotatable bonds is 6. The summed E-state index contributed by atoms with van der Waals surface area (Å²) in [5.41, 5.74) is 0. The summed E-state index contributed by atoms with van der Waals surface area (Å²) in [6.45, 7) is 0.727. The van der Waals surface area contributed by atoms with Crippen LogP contribution < -0.4 is 10.1 Å². The van der Waals surface area contributed by atoms with Crippen molar-refractivity contribution in [1.29, 1.82) is 0 Å². The van der Waals surface area contributed by atoms with Gasteiger partial charge in [-0.1, -0.05) is 35.9 Å².